The summed E-state index contributed by atoms with van der Waals surface area (Å²) < 4.78 is 14.1. The number of carbonyl (C=O) groups excluding carboxylic acids is 2. The molecule has 4 nitrogen and oxygen atoms in total. The highest BCUT2D eigenvalue weighted by atomic mass is 19.1. The Bertz CT molecular complexity index is 890. The van der Waals surface area contributed by atoms with E-state index in [0.717, 1.165) is 36.9 Å². The number of hydrogen-bond acceptors (Lipinski definition) is 2. The normalized spacial score (nSPS) is 17.1. The Morgan fingerprint density at radius 3 is 2.57 bits per heavy atom. The van der Waals surface area contributed by atoms with Gasteiger partial charge in [0.05, 0.1) is 5.56 Å². The van der Waals surface area contributed by atoms with Crippen molar-refractivity contribution in [2.24, 2.45) is 0 Å². The van der Waals surface area contributed by atoms with E-state index in [4.69, 9.17) is 0 Å². The number of halogens is 1. The van der Waals surface area contributed by atoms with Gasteiger partial charge in [0.15, 0.2) is 0 Å². The van der Waals surface area contributed by atoms with E-state index >= 15 is 0 Å². The molecule has 1 aliphatic carbocycles. The van der Waals surface area contributed by atoms with Gasteiger partial charge < -0.3 is 10.2 Å². The summed E-state index contributed by atoms with van der Waals surface area (Å²) in [5.41, 5.74) is 2.44. The first kappa shape index (κ1) is 18.7. The predicted octanol–water partition coefficient (Wildman–Crippen LogP) is 4.48. The van der Waals surface area contributed by atoms with Gasteiger partial charge in [-0.3, -0.25) is 9.59 Å². The van der Waals surface area contributed by atoms with Gasteiger partial charge in [-0.2, -0.15) is 0 Å². The summed E-state index contributed by atoms with van der Waals surface area (Å²) >= 11 is 0. The minimum atomic E-state index is -0.511. The van der Waals surface area contributed by atoms with Crippen molar-refractivity contribution in [3.63, 3.8) is 0 Å². The van der Waals surface area contributed by atoms with Crippen LogP contribution in [0.1, 0.15) is 64.8 Å². The van der Waals surface area contributed by atoms with Gasteiger partial charge in [0.1, 0.15) is 5.82 Å². The topological polar surface area (TPSA) is 49.4 Å². The van der Waals surface area contributed by atoms with Gasteiger partial charge in [-0.25, -0.2) is 4.39 Å². The monoisotopic (exact) mass is 380 g/mol. The third kappa shape index (κ3) is 3.79. The highest BCUT2D eigenvalue weighted by Gasteiger charge is 2.26. The molecule has 4 rings (SSSR count). The molecule has 1 aliphatic heterocycles. The molecule has 0 saturated heterocycles. The Hall–Kier alpha value is -2.69. The molecule has 1 fully saturated rings. The number of carbonyl (C=O) groups is 2. The van der Waals surface area contributed by atoms with E-state index in [1.54, 1.807) is 23.1 Å². The van der Waals surface area contributed by atoms with Crippen LogP contribution in [0.25, 0.3) is 0 Å². The Balaban J connectivity index is 1.55. The number of aryl methyl sites for hydroxylation is 1. The van der Waals surface area contributed by atoms with E-state index in [1.807, 2.05) is 12.1 Å². The van der Waals surface area contributed by atoms with Crippen LogP contribution in [0.3, 0.4) is 0 Å². The molecule has 2 aromatic rings. The zero-order valence-electron chi connectivity index (χ0n) is 15.9. The van der Waals surface area contributed by atoms with E-state index in [9.17, 15) is 14.0 Å². The van der Waals surface area contributed by atoms with Crippen molar-refractivity contribution in [3.05, 3.63) is 65.0 Å². The quantitative estimate of drug-likeness (QED) is 0.853. The van der Waals surface area contributed by atoms with Crippen LogP contribution in [-0.4, -0.2) is 24.4 Å². The minimum absolute atomic E-state index is 0.0488. The van der Waals surface area contributed by atoms with Crippen molar-refractivity contribution >= 4 is 17.5 Å². The van der Waals surface area contributed by atoms with E-state index in [2.05, 4.69) is 5.32 Å². The van der Waals surface area contributed by atoms with Crippen LogP contribution in [0.2, 0.25) is 0 Å². The van der Waals surface area contributed by atoms with Crippen LogP contribution in [0, 0.1) is 5.82 Å². The average molecular weight is 380 g/mol. The number of amides is 2. The van der Waals surface area contributed by atoms with E-state index < -0.39 is 5.82 Å². The Labute approximate surface area is 164 Å². The van der Waals surface area contributed by atoms with Crippen LogP contribution in [0.4, 0.5) is 10.1 Å². The molecule has 1 N–H and O–H groups in total. The molecular formula is C23H25FN2O2. The maximum atomic E-state index is 14.1. The lowest BCUT2D eigenvalue weighted by molar-refractivity contribution is 0.0927. The second kappa shape index (κ2) is 8.13. The molecule has 0 aromatic heterocycles. The van der Waals surface area contributed by atoms with Gasteiger partial charge in [0, 0.05) is 23.8 Å². The molecule has 0 atom stereocenters. The summed E-state index contributed by atoms with van der Waals surface area (Å²) in [6.45, 7) is 0.549. The Morgan fingerprint density at radius 1 is 1.00 bits per heavy atom. The van der Waals surface area contributed by atoms with Gasteiger partial charge in [0.25, 0.3) is 11.8 Å². The molecule has 0 unspecified atom stereocenters. The Morgan fingerprint density at radius 2 is 1.79 bits per heavy atom. The molecule has 2 aromatic carbocycles. The molecule has 5 heteroatoms. The van der Waals surface area contributed by atoms with Crippen LogP contribution in [-0.2, 0) is 6.42 Å². The fourth-order valence-electron chi connectivity index (χ4n) is 4.25. The highest BCUT2D eigenvalue weighted by Crippen LogP contribution is 2.30. The fourth-order valence-corrected chi connectivity index (χ4v) is 4.25. The molecule has 1 saturated carbocycles. The molecule has 1 heterocycles. The van der Waals surface area contributed by atoms with Gasteiger partial charge in [-0.05, 0) is 61.6 Å². The number of nitrogens with one attached hydrogen (secondary N) is 1. The van der Waals surface area contributed by atoms with E-state index in [0.29, 0.717) is 12.1 Å². The first-order valence-corrected chi connectivity index (χ1v) is 10.1. The summed E-state index contributed by atoms with van der Waals surface area (Å²) in [4.78, 5) is 27.1. The van der Waals surface area contributed by atoms with E-state index in [1.165, 1.54) is 31.4 Å². The minimum Gasteiger partial charge on any atom is -0.349 e. The van der Waals surface area contributed by atoms with Crippen molar-refractivity contribution < 1.29 is 14.0 Å². The average Bonchev–Trinajstić information content (AvgIpc) is 2.73. The smallest absolute Gasteiger partial charge is 0.261 e. The maximum absolute atomic E-state index is 14.1. The van der Waals surface area contributed by atoms with Crippen molar-refractivity contribution in [3.8, 4) is 0 Å². The van der Waals surface area contributed by atoms with E-state index in [-0.39, 0.29) is 23.4 Å². The van der Waals surface area contributed by atoms with Crippen molar-refractivity contribution in [2.75, 3.05) is 11.4 Å². The van der Waals surface area contributed by atoms with Crippen molar-refractivity contribution in [2.45, 2.75) is 51.0 Å². The summed E-state index contributed by atoms with van der Waals surface area (Å²) in [6.07, 6.45) is 7.27. The summed E-state index contributed by atoms with van der Waals surface area (Å²) in [5, 5.41) is 3.14. The summed E-state index contributed by atoms with van der Waals surface area (Å²) in [7, 11) is 0. The van der Waals surface area contributed by atoms with Crippen molar-refractivity contribution in [1.82, 2.24) is 5.32 Å². The molecule has 2 amide bonds. The molecule has 0 radical (unpaired) electrons. The molecule has 2 aliphatic rings. The molecule has 0 spiro atoms. The SMILES string of the molecule is O=C(NC1CCCCC1)c1ccc2c(c1)CCCN2C(=O)c1ccccc1F. The standard InChI is InChI=1S/C23H25FN2O2/c24-20-11-5-4-10-19(20)23(28)26-14-6-7-16-15-17(12-13-21(16)26)22(27)25-18-8-2-1-3-9-18/h4-5,10-13,15,18H,1-3,6-9,14H2,(H,25,27). The Kier molecular flexibility index (Phi) is 5.42. The molecule has 0 bridgehead atoms. The zero-order valence-corrected chi connectivity index (χ0v) is 15.9. The predicted molar refractivity (Wildman–Crippen MR) is 107 cm³/mol. The summed E-state index contributed by atoms with van der Waals surface area (Å²) in [6, 6.07) is 11.8. The number of anilines is 1. The van der Waals surface area contributed by atoms with Gasteiger partial charge in [-0.1, -0.05) is 31.4 Å². The molecular weight excluding hydrogens is 355 g/mol. The highest BCUT2D eigenvalue weighted by molar-refractivity contribution is 6.07. The van der Waals surface area contributed by atoms with Crippen LogP contribution >= 0.6 is 0 Å². The van der Waals surface area contributed by atoms with Crippen LogP contribution in [0.5, 0.6) is 0 Å². The number of rotatable bonds is 3. The number of fused-ring (bicyclic) bond motifs is 1. The largest absolute Gasteiger partial charge is 0.349 e. The number of benzene rings is 2. The lowest BCUT2D eigenvalue weighted by atomic mass is 9.94. The lowest BCUT2D eigenvalue weighted by Gasteiger charge is -2.30. The zero-order chi connectivity index (χ0) is 19.5. The number of hydrogen-bond donors (Lipinski definition) is 1. The second-order valence-electron chi connectivity index (χ2n) is 7.69. The van der Waals surface area contributed by atoms with Gasteiger partial charge in [-0.15, -0.1) is 0 Å². The van der Waals surface area contributed by atoms with Crippen LogP contribution < -0.4 is 10.2 Å². The van der Waals surface area contributed by atoms with Crippen LogP contribution in [0.15, 0.2) is 42.5 Å². The number of nitrogens with zero attached hydrogens (tertiary/aromatic N) is 1. The maximum Gasteiger partial charge on any atom is 0.261 e. The van der Waals surface area contributed by atoms with Gasteiger partial charge in [0.2, 0.25) is 0 Å². The first-order valence-electron chi connectivity index (χ1n) is 10.1. The second-order valence-corrected chi connectivity index (χ2v) is 7.69. The molecule has 146 valence electrons. The molecule has 28 heavy (non-hydrogen) atoms. The fraction of sp³-hybridized carbons (Fsp3) is 0.391. The first-order chi connectivity index (χ1) is 13.6. The third-order valence-electron chi connectivity index (χ3n) is 5.75. The lowest BCUT2D eigenvalue weighted by Crippen LogP contribution is -2.37. The third-order valence-corrected chi connectivity index (χ3v) is 5.75. The van der Waals surface area contributed by atoms with Crippen molar-refractivity contribution in [1.29, 1.82) is 0 Å². The summed E-state index contributed by atoms with van der Waals surface area (Å²) in [5.74, 6) is -0.895. The van der Waals surface area contributed by atoms with Gasteiger partial charge >= 0.3 is 0 Å².